The van der Waals surface area contributed by atoms with E-state index in [-0.39, 0.29) is 27.8 Å². The van der Waals surface area contributed by atoms with Crippen LogP contribution < -0.4 is 10.8 Å². The van der Waals surface area contributed by atoms with E-state index in [9.17, 15) is 18.0 Å². The molecule has 1 unspecified atom stereocenters. The van der Waals surface area contributed by atoms with Gasteiger partial charge in [-0.2, -0.15) is 13.2 Å². The van der Waals surface area contributed by atoms with E-state index in [2.05, 4.69) is 10.8 Å². The average molecular weight is 461 g/mol. The second-order valence-corrected chi connectivity index (χ2v) is 7.34. The van der Waals surface area contributed by atoms with Gasteiger partial charge in [0, 0.05) is 21.3 Å². The summed E-state index contributed by atoms with van der Waals surface area (Å²) in [7, 11) is 0. The van der Waals surface area contributed by atoms with Crippen LogP contribution in [0.3, 0.4) is 0 Å². The quantitative estimate of drug-likeness (QED) is 0.552. The number of hydrogen-bond donors (Lipinski definition) is 2. The fraction of sp³-hybridized carbons (Fsp3) is 0.250. The van der Waals surface area contributed by atoms with Gasteiger partial charge in [-0.05, 0) is 54.8 Å². The van der Waals surface area contributed by atoms with Crippen molar-refractivity contribution in [2.75, 3.05) is 11.9 Å². The van der Waals surface area contributed by atoms with Crippen LogP contribution >= 0.6 is 23.2 Å². The van der Waals surface area contributed by atoms with E-state index >= 15 is 0 Å². The van der Waals surface area contributed by atoms with Crippen LogP contribution in [-0.2, 0) is 9.57 Å². The van der Waals surface area contributed by atoms with Crippen LogP contribution in [0.4, 0.5) is 23.7 Å². The number of allylic oxidation sites excluding steroid dienone is 1. The number of alkyl halides is 3. The van der Waals surface area contributed by atoms with Crippen LogP contribution in [0.25, 0.3) is 5.57 Å². The maximum Gasteiger partial charge on any atom is 0.451 e. The van der Waals surface area contributed by atoms with E-state index in [4.69, 9.17) is 32.8 Å². The van der Waals surface area contributed by atoms with Crippen molar-refractivity contribution in [2.24, 2.45) is 0 Å². The van der Waals surface area contributed by atoms with Crippen molar-refractivity contribution in [1.29, 1.82) is 0 Å². The van der Waals surface area contributed by atoms with Crippen LogP contribution in [0.2, 0.25) is 10.0 Å². The Balaban J connectivity index is 2.08. The molecule has 1 aliphatic rings. The topological polar surface area (TPSA) is 59.6 Å². The molecule has 2 aromatic carbocycles. The second-order valence-electron chi connectivity index (χ2n) is 6.47. The number of carbonyl (C=O) groups excluding carboxylic acids is 1. The maximum atomic E-state index is 13.6. The smallest absolute Gasteiger partial charge is 0.450 e. The Bertz CT molecular complexity index is 989. The molecule has 3 rings (SSSR count). The number of hydrogen-bond acceptors (Lipinski definition) is 4. The zero-order valence-corrected chi connectivity index (χ0v) is 17.4. The number of ether oxygens (including phenoxy) is 1. The van der Waals surface area contributed by atoms with Gasteiger partial charge in [0.05, 0.1) is 12.6 Å². The molecule has 160 valence electrons. The molecule has 0 spiro atoms. The molecule has 1 aliphatic heterocycles. The number of halogens is 5. The zero-order chi connectivity index (χ0) is 22.1. The predicted octanol–water partition coefficient (Wildman–Crippen LogP) is 6.42. The number of anilines is 1. The summed E-state index contributed by atoms with van der Waals surface area (Å²) in [5.74, 6) is -1.19. The minimum Gasteiger partial charge on any atom is -0.450 e. The van der Waals surface area contributed by atoms with Gasteiger partial charge in [-0.25, -0.2) is 4.79 Å². The number of carbonyl (C=O) groups is 1. The lowest BCUT2D eigenvalue weighted by molar-refractivity contribution is -0.136. The summed E-state index contributed by atoms with van der Waals surface area (Å²) in [6, 6.07) is 8.06. The molecule has 2 N–H and O–H groups in total. The highest BCUT2D eigenvalue weighted by atomic mass is 35.5. The molecule has 0 bridgehead atoms. The Morgan fingerprint density at radius 2 is 1.87 bits per heavy atom. The van der Waals surface area contributed by atoms with E-state index in [0.29, 0.717) is 16.8 Å². The molecule has 10 heteroatoms. The van der Waals surface area contributed by atoms with Gasteiger partial charge < -0.3 is 9.57 Å². The number of benzene rings is 2. The van der Waals surface area contributed by atoms with Gasteiger partial charge in [-0.3, -0.25) is 5.32 Å². The van der Waals surface area contributed by atoms with Gasteiger partial charge in [0.1, 0.15) is 0 Å². The lowest BCUT2D eigenvalue weighted by Gasteiger charge is -2.17. The summed E-state index contributed by atoms with van der Waals surface area (Å²) in [5.41, 5.74) is 3.95. The molecule has 30 heavy (non-hydrogen) atoms. The van der Waals surface area contributed by atoms with E-state index < -0.39 is 24.1 Å². The van der Waals surface area contributed by atoms with Gasteiger partial charge in [-0.15, -0.1) is 5.48 Å². The van der Waals surface area contributed by atoms with Crippen molar-refractivity contribution in [3.63, 3.8) is 0 Å². The molecule has 0 aromatic heterocycles. The molecule has 0 saturated carbocycles. The Hall–Kier alpha value is -2.42. The largest absolute Gasteiger partial charge is 0.451 e. The summed E-state index contributed by atoms with van der Waals surface area (Å²) < 4.78 is 45.7. The maximum absolute atomic E-state index is 13.6. The van der Waals surface area contributed by atoms with E-state index in [1.165, 1.54) is 18.2 Å². The van der Waals surface area contributed by atoms with Gasteiger partial charge in [0.15, 0.2) is 0 Å². The van der Waals surface area contributed by atoms with Crippen molar-refractivity contribution < 1.29 is 27.5 Å². The molecule has 0 saturated heterocycles. The predicted molar refractivity (Wildman–Crippen MR) is 108 cm³/mol. The third-order valence-electron chi connectivity index (χ3n) is 4.35. The fourth-order valence-corrected chi connectivity index (χ4v) is 3.57. The molecule has 5 nitrogen and oxygen atoms in total. The second kappa shape index (κ2) is 8.75. The highest BCUT2D eigenvalue weighted by Gasteiger charge is 2.46. The third-order valence-corrected chi connectivity index (χ3v) is 4.79. The number of amides is 1. The van der Waals surface area contributed by atoms with Crippen LogP contribution in [-0.4, -0.2) is 18.9 Å². The first kappa shape index (κ1) is 22.3. The normalized spacial score (nSPS) is 16.4. The molecule has 2 aromatic rings. The van der Waals surface area contributed by atoms with Gasteiger partial charge >= 0.3 is 12.3 Å². The molecular weight excluding hydrogens is 444 g/mol. The first-order chi connectivity index (χ1) is 14.1. The minimum atomic E-state index is -4.75. The number of rotatable bonds is 4. The van der Waals surface area contributed by atoms with Crippen molar-refractivity contribution in [3.05, 3.63) is 68.9 Å². The van der Waals surface area contributed by atoms with Crippen molar-refractivity contribution in [2.45, 2.75) is 26.1 Å². The number of hydroxylamine groups is 1. The highest BCUT2D eigenvalue weighted by Crippen LogP contribution is 2.45. The first-order valence-electron chi connectivity index (χ1n) is 8.84. The Morgan fingerprint density at radius 3 is 2.47 bits per heavy atom. The monoisotopic (exact) mass is 460 g/mol. The molecule has 1 atom stereocenters. The highest BCUT2D eigenvalue weighted by molar-refractivity contribution is 6.34. The molecule has 0 aliphatic carbocycles. The van der Waals surface area contributed by atoms with Crippen LogP contribution in [0.1, 0.15) is 29.7 Å². The standard InChI is InChI=1S/C20H17Cl2F3N2O3/c1-3-29-19(28)26-15-8-11(5-4-10(15)2)17-16(18(30-27-17)20(23,24)25)12-6-13(21)9-14(22)7-12/h4-9,17,27H,3H2,1-2H3,(H,26,28). The molecule has 1 heterocycles. The van der Waals surface area contributed by atoms with Crippen LogP contribution in [0.15, 0.2) is 42.2 Å². The molecular formula is C20H17Cl2F3N2O3. The van der Waals surface area contributed by atoms with E-state index in [1.54, 1.807) is 32.0 Å². The van der Waals surface area contributed by atoms with Gasteiger partial charge in [0.25, 0.3) is 0 Å². The zero-order valence-electron chi connectivity index (χ0n) is 15.9. The lowest BCUT2D eigenvalue weighted by atomic mass is 9.92. The first-order valence-corrected chi connectivity index (χ1v) is 9.60. The average Bonchev–Trinajstić information content (AvgIpc) is 3.08. The Kier molecular flexibility index (Phi) is 6.50. The SMILES string of the molecule is CCOC(=O)Nc1cc(C2NOC(C(F)(F)F)=C2c2cc(Cl)cc(Cl)c2)ccc1C. The summed E-state index contributed by atoms with van der Waals surface area (Å²) in [6.45, 7) is 3.59. The van der Waals surface area contributed by atoms with Crippen molar-refractivity contribution in [1.82, 2.24) is 5.48 Å². The lowest BCUT2D eigenvalue weighted by Crippen LogP contribution is -2.18. The number of aryl methyl sites for hydroxylation is 1. The Morgan fingerprint density at radius 1 is 1.20 bits per heavy atom. The fourth-order valence-electron chi connectivity index (χ4n) is 3.05. The summed E-state index contributed by atoms with van der Waals surface area (Å²) in [6.07, 6.45) is -5.41. The van der Waals surface area contributed by atoms with E-state index in [1.807, 2.05) is 0 Å². The summed E-state index contributed by atoms with van der Waals surface area (Å²) >= 11 is 12.0. The van der Waals surface area contributed by atoms with Crippen molar-refractivity contribution >= 4 is 40.6 Å². The third kappa shape index (κ3) is 4.83. The molecule has 0 radical (unpaired) electrons. The van der Waals surface area contributed by atoms with Gasteiger partial charge in [-0.1, -0.05) is 35.3 Å². The van der Waals surface area contributed by atoms with Gasteiger partial charge in [0.2, 0.25) is 5.76 Å². The molecule has 1 amide bonds. The van der Waals surface area contributed by atoms with Crippen LogP contribution in [0, 0.1) is 6.92 Å². The minimum absolute atomic E-state index is 0.162. The summed E-state index contributed by atoms with van der Waals surface area (Å²) in [5, 5.41) is 2.95. The van der Waals surface area contributed by atoms with E-state index in [0.717, 1.165) is 0 Å². The van der Waals surface area contributed by atoms with Crippen LogP contribution in [0.5, 0.6) is 0 Å². The molecule has 0 fully saturated rings. The Labute approximate surface area is 180 Å². The number of nitrogens with one attached hydrogen (secondary N) is 2. The van der Waals surface area contributed by atoms with Crippen molar-refractivity contribution in [3.8, 4) is 0 Å². The summed E-state index contributed by atoms with van der Waals surface area (Å²) in [4.78, 5) is 16.6.